The van der Waals surface area contributed by atoms with Gasteiger partial charge in [0.1, 0.15) is 5.82 Å². The predicted molar refractivity (Wildman–Crippen MR) is 118 cm³/mol. The van der Waals surface area contributed by atoms with E-state index >= 15 is 0 Å². The van der Waals surface area contributed by atoms with Crippen molar-refractivity contribution in [2.24, 2.45) is 0 Å². The zero-order valence-electron chi connectivity index (χ0n) is 16.1. The van der Waals surface area contributed by atoms with Gasteiger partial charge in [0.25, 0.3) is 0 Å². The van der Waals surface area contributed by atoms with E-state index in [1.165, 1.54) is 10.9 Å². The van der Waals surface area contributed by atoms with Crippen molar-refractivity contribution in [3.63, 3.8) is 0 Å². The highest BCUT2D eigenvalue weighted by Crippen LogP contribution is 2.29. The zero-order valence-corrected chi connectivity index (χ0v) is 16.1. The summed E-state index contributed by atoms with van der Waals surface area (Å²) in [5.74, 6) is 2.11. The monoisotopic (exact) mass is 373 g/mol. The third kappa shape index (κ3) is 3.39. The van der Waals surface area contributed by atoms with E-state index < -0.39 is 0 Å². The van der Waals surface area contributed by atoms with Crippen LogP contribution in [0.1, 0.15) is 5.82 Å². The lowest BCUT2D eigenvalue weighted by Gasteiger charge is -2.09. The summed E-state index contributed by atoms with van der Waals surface area (Å²) in [5, 5.41) is 2.32. The Kier molecular flexibility index (Phi) is 4.34. The van der Waals surface area contributed by atoms with Crippen LogP contribution < -0.4 is 0 Å². The van der Waals surface area contributed by atoms with Crippen LogP contribution in [0.4, 0.5) is 0 Å². The summed E-state index contributed by atoms with van der Waals surface area (Å²) in [6.45, 7) is 1.92. The first-order valence-corrected chi connectivity index (χ1v) is 9.65. The molecule has 1 aromatic heterocycles. The number of hydrogen-bond donors (Lipinski definition) is 0. The van der Waals surface area contributed by atoms with E-state index in [-0.39, 0.29) is 0 Å². The van der Waals surface area contributed by atoms with Crippen LogP contribution in [0, 0.1) is 6.92 Å². The first-order valence-electron chi connectivity index (χ1n) is 9.65. The van der Waals surface area contributed by atoms with Crippen LogP contribution in [0.15, 0.2) is 97.1 Å². The Labute approximate surface area is 169 Å². The summed E-state index contributed by atoms with van der Waals surface area (Å²) in [5.41, 5.74) is 4.33. The lowest BCUT2D eigenvalue weighted by molar-refractivity contribution is 0.993. The van der Waals surface area contributed by atoms with Gasteiger partial charge in [0.2, 0.25) is 0 Å². The second kappa shape index (κ2) is 7.28. The molecule has 0 atom stereocenters. The smallest absolute Gasteiger partial charge is 0.164 e. The quantitative estimate of drug-likeness (QED) is 0.371. The second-order valence-electron chi connectivity index (χ2n) is 7.00. The Morgan fingerprint density at radius 3 is 2.07 bits per heavy atom. The molecule has 0 aliphatic rings. The minimum absolute atomic E-state index is 0.693. The summed E-state index contributed by atoms with van der Waals surface area (Å²) in [7, 11) is 0. The third-order valence-corrected chi connectivity index (χ3v) is 5.01. The maximum atomic E-state index is 4.84. The summed E-state index contributed by atoms with van der Waals surface area (Å²) >= 11 is 0. The fourth-order valence-corrected chi connectivity index (χ4v) is 3.62. The normalized spacial score (nSPS) is 10.9. The molecule has 0 aliphatic heterocycles. The van der Waals surface area contributed by atoms with Gasteiger partial charge in [0, 0.05) is 11.1 Å². The molecule has 29 heavy (non-hydrogen) atoms. The molecule has 0 saturated heterocycles. The third-order valence-electron chi connectivity index (χ3n) is 5.01. The van der Waals surface area contributed by atoms with Gasteiger partial charge in [0.05, 0.1) is 0 Å². The van der Waals surface area contributed by atoms with Crippen LogP contribution in [0.3, 0.4) is 0 Å². The topological polar surface area (TPSA) is 38.7 Å². The fraction of sp³-hybridized carbons (Fsp3) is 0.0385. The zero-order chi connectivity index (χ0) is 19.6. The van der Waals surface area contributed by atoms with Crippen molar-refractivity contribution in [2.45, 2.75) is 6.92 Å². The number of aryl methyl sites for hydroxylation is 1. The summed E-state index contributed by atoms with van der Waals surface area (Å²) in [4.78, 5) is 14.1. The van der Waals surface area contributed by atoms with Crippen LogP contribution in [-0.2, 0) is 0 Å². The Morgan fingerprint density at radius 2 is 1.17 bits per heavy atom. The van der Waals surface area contributed by atoms with Gasteiger partial charge in [-0.25, -0.2) is 15.0 Å². The minimum Gasteiger partial charge on any atom is -0.213 e. The maximum absolute atomic E-state index is 4.84. The molecular weight excluding hydrogens is 354 g/mol. The molecule has 0 bridgehead atoms. The lowest BCUT2D eigenvalue weighted by atomic mass is 10.0. The number of fused-ring (bicyclic) bond motifs is 1. The van der Waals surface area contributed by atoms with E-state index in [2.05, 4.69) is 58.5 Å². The van der Waals surface area contributed by atoms with Gasteiger partial charge in [-0.1, -0.05) is 91.0 Å². The molecule has 0 unspecified atom stereocenters. The standard InChI is InChI=1S/C26H19N3/c1-18-27-25(22-14-7-13-21(17-22)19-9-3-2-4-10-19)29-26(28-18)24-16-8-12-20-11-5-6-15-23(20)24/h2-17H,1H3. The van der Waals surface area contributed by atoms with E-state index in [4.69, 9.17) is 4.98 Å². The highest BCUT2D eigenvalue weighted by molar-refractivity contribution is 5.95. The van der Waals surface area contributed by atoms with E-state index in [1.54, 1.807) is 0 Å². The van der Waals surface area contributed by atoms with Crippen LogP contribution in [0.25, 0.3) is 44.7 Å². The Morgan fingerprint density at radius 1 is 0.517 bits per heavy atom. The average Bonchev–Trinajstić information content (AvgIpc) is 2.79. The van der Waals surface area contributed by atoms with Gasteiger partial charge in [-0.05, 0) is 34.9 Å². The molecule has 0 N–H and O–H groups in total. The Balaban J connectivity index is 1.64. The molecular formula is C26H19N3. The van der Waals surface area contributed by atoms with Crippen molar-refractivity contribution in [1.82, 2.24) is 15.0 Å². The molecule has 0 fully saturated rings. The van der Waals surface area contributed by atoms with Gasteiger partial charge in [-0.15, -0.1) is 0 Å². The van der Waals surface area contributed by atoms with Crippen molar-refractivity contribution in [2.75, 3.05) is 0 Å². The van der Waals surface area contributed by atoms with E-state index in [0.717, 1.165) is 22.1 Å². The first kappa shape index (κ1) is 17.3. The highest BCUT2D eigenvalue weighted by atomic mass is 15.0. The molecule has 1 heterocycles. The Hall–Kier alpha value is -3.85. The molecule has 0 saturated carbocycles. The van der Waals surface area contributed by atoms with E-state index in [0.29, 0.717) is 17.5 Å². The molecule has 5 aromatic rings. The van der Waals surface area contributed by atoms with Crippen LogP contribution in [0.2, 0.25) is 0 Å². The molecule has 0 spiro atoms. The number of nitrogens with zero attached hydrogens (tertiary/aromatic N) is 3. The maximum Gasteiger partial charge on any atom is 0.164 e. The largest absolute Gasteiger partial charge is 0.213 e. The van der Waals surface area contributed by atoms with Crippen molar-refractivity contribution < 1.29 is 0 Å². The highest BCUT2D eigenvalue weighted by Gasteiger charge is 2.11. The van der Waals surface area contributed by atoms with Gasteiger partial charge in [-0.2, -0.15) is 0 Å². The van der Waals surface area contributed by atoms with Gasteiger partial charge < -0.3 is 0 Å². The van der Waals surface area contributed by atoms with Gasteiger partial charge in [0.15, 0.2) is 11.6 Å². The summed E-state index contributed by atoms with van der Waals surface area (Å²) < 4.78 is 0. The van der Waals surface area contributed by atoms with E-state index in [9.17, 15) is 0 Å². The number of aromatic nitrogens is 3. The van der Waals surface area contributed by atoms with Crippen molar-refractivity contribution in [3.05, 3.63) is 103 Å². The summed E-state index contributed by atoms with van der Waals surface area (Å²) in [6.07, 6.45) is 0. The number of hydrogen-bond acceptors (Lipinski definition) is 3. The molecule has 0 aliphatic carbocycles. The van der Waals surface area contributed by atoms with Gasteiger partial charge >= 0.3 is 0 Å². The van der Waals surface area contributed by atoms with Crippen molar-refractivity contribution in [3.8, 4) is 33.9 Å². The first-order chi connectivity index (χ1) is 14.3. The molecule has 3 heteroatoms. The SMILES string of the molecule is Cc1nc(-c2cccc(-c3ccccc3)c2)nc(-c2cccc3ccccc23)n1. The molecule has 0 radical (unpaired) electrons. The molecule has 3 nitrogen and oxygen atoms in total. The molecule has 0 amide bonds. The molecule has 5 rings (SSSR count). The number of benzene rings is 4. The molecule has 138 valence electrons. The van der Waals surface area contributed by atoms with Crippen LogP contribution >= 0.6 is 0 Å². The van der Waals surface area contributed by atoms with Crippen molar-refractivity contribution in [1.29, 1.82) is 0 Å². The summed E-state index contributed by atoms with van der Waals surface area (Å²) in [6, 6.07) is 33.2. The second-order valence-corrected chi connectivity index (χ2v) is 7.00. The predicted octanol–water partition coefficient (Wildman–Crippen LogP) is 6.33. The minimum atomic E-state index is 0.693. The lowest BCUT2D eigenvalue weighted by Crippen LogP contribution is -2.00. The van der Waals surface area contributed by atoms with Gasteiger partial charge in [-0.3, -0.25) is 0 Å². The van der Waals surface area contributed by atoms with Crippen molar-refractivity contribution >= 4 is 10.8 Å². The number of rotatable bonds is 3. The van der Waals surface area contributed by atoms with Crippen LogP contribution in [0.5, 0.6) is 0 Å². The Bertz CT molecular complexity index is 1300. The van der Waals surface area contributed by atoms with Crippen LogP contribution in [-0.4, -0.2) is 15.0 Å². The van der Waals surface area contributed by atoms with E-state index in [1.807, 2.05) is 55.5 Å². The fourth-order valence-electron chi connectivity index (χ4n) is 3.62. The average molecular weight is 373 g/mol. The molecule has 4 aromatic carbocycles.